The van der Waals surface area contributed by atoms with Crippen molar-refractivity contribution >= 4 is 40.3 Å². The van der Waals surface area contributed by atoms with Crippen LogP contribution in [-0.2, 0) is 11.2 Å². The van der Waals surface area contributed by atoms with Gasteiger partial charge in [0.25, 0.3) is 5.91 Å². The molecular formula is C22H18N2O3S2. The van der Waals surface area contributed by atoms with Gasteiger partial charge in [-0.25, -0.2) is 4.98 Å². The lowest BCUT2D eigenvalue weighted by atomic mass is 10.2. The molecule has 0 radical (unpaired) electrons. The standard InChI is InChI=1S/C22H18N2O3S2/c1-24-21(25)19(29-22(24)28)13-15-7-9-18(10-8-15)26-12-11-17-14-27-20(23-17)16-5-3-2-4-6-16/h2-10,13-14H,11-12H2,1H3. The van der Waals surface area contributed by atoms with Gasteiger partial charge < -0.3 is 9.15 Å². The van der Waals surface area contributed by atoms with Gasteiger partial charge in [0.05, 0.1) is 17.2 Å². The SMILES string of the molecule is CN1C(=O)C(=Cc2ccc(OCCc3coc(-c4ccccc4)n3)cc2)SC1=S. The Morgan fingerprint density at radius 2 is 1.93 bits per heavy atom. The molecule has 2 aromatic carbocycles. The van der Waals surface area contributed by atoms with E-state index in [4.69, 9.17) is 21.4 Å². The first-order valence-electron chi connectivity index (χ1n) is 9.04. The molecule has 0 spiro atoms. The molecule has 0 atom stereocenters. The van der Waals surface area contributed by atoms with Gasteiger partial charge in [0.1, 0.15) is 16.3 Å². The molecule has 2 heterocycles. The van der Waals surface area contributed by atoms with E-state index >= 15 is 0 Å². The van der Waals surface area contributed by atoms with Crippen molar-refractivity contribution < 1.29 is 13.9 Å². The van der Waals surface area contributed by atoms with Crippen LogP contribution in [-0.4, -0.2) is 33.8 Å². The molecule has 29 heavy (non-hydrogen) atoms. The molecule has 0 aliphatic carbocycles. The second-order valence-corrected chi connectivity index (χ2v) is 8.09. The van der Waals surface area contributed by atoms with Gasteiger partial charge in [0.2, 0.25) is 5.89 Å². The minimum Gasteiger partial charge on any atom is -0.493 e. The Kier molecular flexibility index (Phi) is 5.78. The van der Waals surface area contributed by atoms with E-state index < -0.39 is 0 Å². The molecule has 0 saturated carbocycles. The summed E-state index contributed by atoms with van der Waals surface area (Å²) in [5.74, 6) is 1.31. The van der Waals surface area contributed by atoms with Crippen molar-refractivity contribution in [3.8, 4) is 17.2 Å². The fraction of sp³-hybridized carbons (Fsp3) is 0.136. The summed E-state index contributed by atoms with van der Waals surface area (Å²) in [4.78, 5) is 18.7. The number of hydrogen-bond donors (Lipinski definition) is 0. The number of thiocarbonyl (C=S) groups is 1. The molecule has 1 aliphatic heterocycles. The normalized spacial score (nSPS) is 15.3. The van der Waals surface area contributed by atoms with Crippen LogP contribution in [0.2, 0.25) is 0 Å². The number of likely N-dealkylation sites (N-methyl/N-ethyl adjacent to an activating group) is 1. The number of benzene rings is 2. The Morgan fingerprint density at radius 1 is 1.17 bits per heavy atom. The molecular weight excluding hydrogens is 404 g/mol. The summed E-state index contributed by atoms with van der Waals surface area (Å²) >= 11 is 6.46. The van der Waals surface area contributed by atoms with Crippen molar-refractivity contribution in [2.24, 2.45) is 0 Å². The van der Waals surface area contributed by atoms with E-state index in [9.17, 15) is 4.79 Å². The first-order valence-corrected chi connectivity index (χ1v) is 10.3. The molecule has 7 heteroatoms. The summed E-state index contributed by atoms with van der Waals surface area (Å²) < 4.78 is 11.9. The molecule has 5 nitrogen and oxygen atoms in total. The van der Waals surface area contributed by atoms with Crippen molar-refractivity contribution in [3.05, 3.63) is 77.0 Å². The van der Waals surface area contributed by atoms with E-state index in [1.165, 1.54) is 16.7 Å². The molecule has 1 fully saturated rings. The van der Waals surface area contributed by atoms with Crippen molar-refractivity contribution in [3.63, 3.8) is 0 Å². The third-order valence-electron chi connectivity index (χ3n) is 4.36. The number of rotatable bonds is 6. The number of carbonyl (C=O) groups excluding carboxylic acids is 1. The van der Waals surface area contributed by atoms with Crippen LogP contribution in [0.25, 0.3) is 17.5 Å². The Morgan fingerprint density at radius 3 is 2.62 bits per heavy atom. The second kappa shape index (κ2) is 8.63. The van der Waals surface area contributed by atoms with Gasteiger partial charge in [0.15, 0.2) is 0 Å². The third-order valence-corrected chi connectivity index (χ3v) is 5.85. The van der Waals surface area contributed by atoms with Gasteiger partial charge in [-0.15, -0.1) is 0 Å². The fourth-order valence-electron chi connectivity index (χ4n) is 2.77. The summed E-state index contributed by atoms with van der Waals surface area (Å²) in [7, 11) is 1.69. The molecule has 0 bridgehead atoms. The lowest BCUT2D eigenvalue weighted by molar-refractivity contribution is -0.121. The molecule has 0 unspecified atom stereocenters. The lowest BCUT2D eigenvalue weighted by Gasteiger charge is -2.05. The van der Waals surface area contributed by atoms with Crippen molar-refractivity contribution in [2.75, 3.05) is 13.7 Å². The van der Waals surface area contributed by atoms with Crippen molar-refractivity contribution in [1.29, 1.82) is 0 Å². The van der Waals surface area contributed by atoms with Gasteiger partial charge in [-0.2, -0.15) is 0 Å². The molecule has 3 aromatic rings. The number of oxazole rings is 1. The highest BCUT2D eigenvalue weighted by Crippen LogP contribution is 2.31. The summed E-state index contributed by atoms with van der Waals surface area (Å²) in [6.45, 7) is 0.495. The molecule has 146 valence electrons. The monoisotopic (exact) mass is 422 g/mol. The van der Waals surface area contributed by atoms with Crippen LogP contribution in [0.5, 0.6) is 5.75 Å². The number of thioether (sulfide) groups is 1. The molecule has 1 saturated heterocycles. The minimum atomic E-state index is -0.0668. The predicted molar refractivity (Wildman–Crippen MR) is 119 cm³/mol. The van der Waals surface area contributed by atoms with Crippen LogP contribution in [0.1, 0.15) is 11.3 Å². The maximum atomic E-state index is 12.1. The number of amides is 1. The van der Waals surface area contributed by atoms with Gasteiger partial charge in [0, 0.05) is 19.0 Å². The van der Waals surface area contributed by atoms with E-state index in [2.05, 4.69) is 4.98 Å². The highest BCUT2D eigenvalue weighted by Gasteiger charge is 2.28. The van der Waals surface area contributed by atoms with E-state index in [1.807, 2.05) is 60.7 Å². The van der Waals surface area contributed by atoms with Crippen molar-refractivity contribution in [1.82, 2.24) is 9.88 Å². The number of ether oxygens (including phenoxy) is 1. The van der Waals surface area contributed by atoms with Gasteiger partial charge in [-0.1, -0.05) is 54.3 Å². The highest BCUT2D eigenvalue weighted by molar-refractivity contribution is 8.26. The van der Waals surface area contributed by atoms with E-state index in [0.717, 1.165) is 22.6 Å². The fourth-order valence-corrected chi connectivity index (χ4v) is 3.95. The Hall–Kier alpha value is -2.90. The Bertz CT molecular complexity index is 1060. The zero-order valence-corrected chi connectivity index (χ0v) is 17.3. The number of carbonyl (C=O) groups is 1. The van der Waals surface area contributed by atoms with Crippen LogP contribution in [0, 0.1) is 0 Å². The topological polar surface area (TPSA) is 55.6 Å². The second-order valence-electron chi connectivity index (χ2n) is 6.42. The van der Waals surface area contributed by atoms with Crippen LogP contribution < -0.4 is 4.74 Å². The highest BCUT2D eigenvalue weighted by atomic mass is 32.2. The zero-order chi connectivity index (χ0) is 20.2. The molecule has 1 aromatic heterocycles. The van der Waals surface area contributed by atoms with E-state index in [0.29, 0.717) is 28.1 Å². The maximum Gasteiger partial charge on any atom is 0.265 e. The van der Waals surface area contributed by atoms with Crippen LogP contribution in [0.15, 0.2) is 70.2 Å². The molecule has 1 aliphatic rings. The molecule has 4 rings (SSSR count). The largest absolute Gasteiger partial charge is 0.493 e. The summed E-state index contributed by atoms with van der Waals surface area (Å²) in [6.07, 6.45) is 4.16. The number of hydrogen-bond acceptors (Lipinski definition) is 6. The van der Waals surface area contributed by atoms with Gasteiger partial charge >= 0.3 is 0 Å². The average Bonchev–Trinajstić information content (AvgIpc) is 3.31. The molecule has 0 N–H and O–H groups in total. The number of nitrogens with zero attached hydrogens (tertiary/aromatic N) is 2. The zero-order valence-electron chi connectivity index (χ0n) is 15.7. The minimum absolute atomic E-state index is 0.0668. The van der Waals surface area contributed by atoms with Gasteiger partial charge in [-0.05, 0) is 35.9 Å². The van der Waals surface area contributed by atoms with Crippen LogP contribution in [0.3, 0.4) is 0 Å². The lowest BCUT2D eigenvalue weighted by Crippen LogP contribution is -2.22. The average molecular weight is 423 g/mol. The van der Waals surface area contributed by atoms with Gasteiger partial charge in [-0.3, -0.25) is 9.69 Å². The smallest absolute Gasteiger partial charge is 0.265 e. The Labute approximate surface area is 178 Å². The number of aromatic nitrogens is 1. The first-order chi connectivity index (χ1) is 14.1. The van der Waals surface area contributed by atoms with E-state index in [-0.39, 0.29) is 5.91 Å². The van der Waals surface area contributed by atoms with Crippen LogP contribution >= 0.6 is 24.0 Å². The predicted octanol–water partition coefficient (Wildman–Crippen LogP) is 4.79. The van der Waals surface area contributed by atoms with Crippen LogP contribution in [0.4, 0.5) is 0 Å². The first kappa shape index (κ1) is 19.4. The Balaban J connectivity index is 1.32. The summed E-state index contributed by atoms with van der Waals surface area (Å²) in [6, 6.07) is 17.4. The third kappa shape index (κ3) is 4.58. The molecule has 1 amide bonds. The van der Waals surface area contributed by atoms with E-state index in [1.54, 1.807) is 13.3 Å². The van der Waals surface area contributed by atoms with Crippen molar-refractivity contribution in [2.45, 2.75) is 6.42 Å². The summed E-state index contributed by atoms with van der Waals surface area (Å²) in [5.41, 5.74) is 2.73. The quantitative estimate of drug-likeness (QED) is 0.420. The summed E-state index contributed by atoms with van der Waals surface area (Å²) in [5, 5.41) is 0. The maximum absolute atomic E-state index is 12.1.